The minimum atomic E-state index is -2.82. The molecule has 2 heterocycles. The highest BCUT2D eigenvalue weighted by Crippen LogP contribution is 2.57. The number of fused-ring (bicyclic) bond motifs is 3. The van der Waals surface area contributed by atoms with E-state index in [-0.39, 0.29) is 34.9 Å². The number of carbonyl (C=O) groups excluding carboxylic acids is 2. The van der Waals surface area contributed by atoms with E-state index >= 15 is 0 Å². The molecule has 7 nitrogen and oxygen atoms in total. The van der Waals surface area contributed by atoms with Crippen LogP contribution < -0.4 is 10.6 Å². The van der Waals surface area contributed by atoms with Crippen molar-refractivity contribution in [2.24, 2.45) is 5.92 Å². The zero-order valence-corrected chi connectivity index (χ0v) is 22.9. The van der Waals surface area contributed by atoms with Crippen LogP contribution in [0.2, 0.25) is 0 Å². The van der Waals surface area contributed by atoms with Crippen LogP contribution in [0.15, 0.2) is 54.7 Å². The van der Waals surface area contributed by atoms with Crippen LogP contribution in [0.1, 0.15) is 63.4 Å². The molecule has 12 heteroatoms. The van der Waals surface area contributed by atoms with Crippen LogP contribution >= 0.6 is 0 Å². The van der Waals surface area contributed by atoms with Crippen LogP contribution in [0, 0.1) is 23.4 Å². The van der Waals surface area contributed by atoms with Gasteiger partial charge in [0, 0.05) is 36.4 Å². The molecule has 0 spiro atoms. The second kappa shape index (κ2) is 11.2. The number of carbonyl (C=O) groups is 2. The Labute approximate surface area is 243 Å². The molecule has 43 heavy (non-hydrogen) atoms. The SMILES string of the molecule is CNC(=O)c1cc(-c2cccnc2[C@H](Cc2cc(F)cc(F)c2)NC(=O)Cn2nc3c(c2C(F)F)CC2CC32)ccc1F. The Bertz CT molecular complexity index is 1720. The van der Waals surface area contributed by atoms with Gasteiger partial charge in [-0.25, -0.2) is 22.0 Å². The molecule has 3 atom stereocenters. The third-order valence-electron chi connectivity index (χ3n) is 7.98. The molecular formula is C31H26F5N5O2. The predicted octanol–water partition coefficient (Wildman–Crippen LogP) is 5.42. The van der Waals surface area contributed by atoms with E-state index in [0.29, 0.717) is 34.7 Å². The lowest BCUT2D eigenvalue weighted by Gasteiger charge is -2.22. The summed E-state index contributed by atoms with van der Waals surface area (Å²) in [6, 6.07) is 9.10. The maximum atomic E-state index is 14.4. The summed E-state index contributed by atoms with van der Waals surface area (Å²) in [5, 5.41) is 9.52. The first kappa shape index (κ1) is 28.5. The Balaban J connectivity index is 1.36. The van der Waals surface area contributed by atoms with Gasteiger partial charge >= 0.3 is 0 Å². The van der Waals surface area contributed by atoms with Gasteiger partial charge in [-0.3, -0.25) is 19.3 Å². The Morgan fingerprint density at radius 3 is 2.56 bits per heavy atom. The first-order chi connectivity index (χ1) is 20.6. The van der Waals surface area contributed by atoms with Gasteiger partial charge in [-0.1, -0.05) is 12.1 Å². The van der Waals surface area contributed by atoms with E-state index in [9.17, 15) is 31.5 Å². The third-order valence-corrected chi connectivity index (χ3v) is 7.98. The van der Waals surface area contributed by atoms with Gasteiger partial charge in [0.1, 0.15) is 29.7 Å². The molecule has 2 unspecified atom stereocenters. The summed E-state index contributed by atoms with van der Waals surface area (Å²) < 4.78 is 71.8. The Kier molecular flexibility index (Phi) is 7.45. The number of aromatic nitrogens is 3. The lowest BCUT2D eigenvalue weighted by atomic mass is 9.94. The highest BCUT2D eigenvalue weighted by Gasteiger charge is 2.49. The van der Waals surface area contributed by atoms with Gasteiger partial charge in [0.2, 0.25) is 5.91 Å². The van der Waals surface area contributed by atoms with Crippen molar-refractivity contribution >= 4 is 11.8 Å². The zero-order valence-electron chi connectivity index (χ0n) is 22.9. The fraction of sp³-hybridized carbons (Fsp3) is 0.290. The van der Waals surface area contributed by atoms with Crippen LogP contribution in [-0.2, 0) is 24.2 Å². The highest BCUT2D eigenvalue weighted by atomic mass is 19.3. The zero-order chi connectivity index (χ0) is 30.4. The average molecular weight is 596 g/mol. The fourth-order valence-electron chi connectivity index (χ4n) is 5.97. The summed E-state index contributed by atoms with van der Waals surface area (Å²) in [6.07, 6.45) is -0.0647. The van der Waals surface area contributed by atoms with Gasteiger partial charge in [-0.2, -0.15) is 5.10 Å². The van der Waals surface area contributed by atoms with Crippen molar-refractivity contribution in [2.45, 2.75) is 44.2 Å². The van der Waals surface area contributed by atoms with Crippen molar-refractivity contribution in [3.05, 3.63) is 106 Å². The molecule has 2 aliphatic carbocycles. The quantitative estimate of drug-likeness (QED) is 0.253. The maximum absolute atomic E-state index is 14.4. The standard InChI is InChI=1S/C31H26F5N5O2/c1-37-31(43)22-10-16(4-5-24(22)34)20-3-2-6-38-28(20)25(9-15-7-18(32)13-19(33)8-15)39-26(42)14-41-29(30(35)36)23-12-17-11-21(17)27(23)40-41/h2-8,10,13,17,21,25,30H,9,11-12,14H2,1H3,(H,37,43)(H,39,42)/t17?,21?,25-/m0/s1. The van der Waals surface area contributed by atoms with Gasteiger partial charge in [-0.05, 0) is 66.6 Å². The molecule has 2 amide bonds. The first-order valence-corrected chi connectivity index (χ1v) is 13.7. The van der Waals surface area contributed by atoms with E-state index in [4.69, 9.17) is 0 Å². The molecule has 0 aliphatic heterocycles. The van der Waals surface area contributed by atoms with Crippen LogP contribution in [0.5, 0.6) is 0 Å². The molecule has 0 radical (unpaired) electrons. The Morgan fingerprint density at radius 2 is 1.84 bits per heavy atom. The number of pyridine rings is 1. The van der Waals surface area contributed by atoms with Crippen LogP contribution in [-0.4, -0.2) is 33.6 Å². The van der Waals surface area contributed by atoms with Gasteiger partial charge < -0.3 is 10.6 Å². The second-order valence-corrected chi connectivity index (χ2v) is 10.8. The highest BCUT2D eigenvalue weighted by molar-refractivity contribution is 5.95. The average Bonchev–Trinajstić information content (AvgIpc) is 3.51. The number of nitrogens with one attached hydrogen (secondary N) is 2. The fourth-order valence-corrected chi connectivity index (χ4v) is 5.97. The van der Waals surface area contributed by atoms with Gasteiger partial charge in [0.15, 0.2) is 0 Å². The number of nitrogens with zero attached hydrogens (tertiary/aromatic N) is 3. The minimum Gasteiger partial charge on any atom is -0.355 e. The number of amides is 2. The number of alkyl halides is 2. The summed E-state index contributed by atoms with van der Waals surface area (Å²) in [6.45, 7) is -0.502. The van der Waals surface area contributed by atoms with Gasteiger partial charge in [0.05, 0.1) is 23.0 Å². The molecule has 2 aromatic carbocycles. The van der Waals surface area contributed by atoms with E-state index in [1.165, 1.54) is 25.4 Å². The molecule has 6 rings (SSSR count). The van der Waals surface area contributed by atoms with E-state index in [2.05, 4.69) is 20.7 Å². The molecule has 2 N–H and O–H groups in total. The topological polar surface area (TPSA) is 88.9 Å². The number of hydrogen-bond acceptors (Lipinski definition) is 4. The summed E-state index contributed by atoms with van der Waals surface area (Å²) >= 11 is 0. The molecule has 1 fully saturated rings. The summed E-state index contributed by atoms with van der Waals surface area (Å²) in [4.78, 5) is 30.1. The predicted molar refractivity (Wildman–Crippen MR) is 146 cm³/mol. The van der Waals surface area contributed by atoms with Crippen molar-refractivity contribution in [1.82, 2.24) is 25.4 Å². The van der Waals surface area contributed by atoms with Gasteiger partial charge in [-0.15, -0.1) is 0 Å². The molecule has 0 bridgehead atoms. The summed E-state index contributed by atoms with van der Waals surface area (Å²) in [7, 11) is 1.37. The van der Waals surface area contributed by atoms with Crippen molar-refractivity contribution in [3.8, 4) is 11.1 Å². The van der Waals surface area contributed by atoms with E-state index in [1.807, 2.05) is 0 Å². The summed E-state index contributed by atoms with van der Waals surface area (Å²) in [5.74, 6) is -3.21. The number of rotatable bonds is 9. The second-order valence-electron chi connectivity index (χ2n) is 10.8. The Morgan fingerprint density at radius 1 is 1.07 bits per heavy atom. The van der Waals surface area contributed by atoms with Gasteiger partial charge in [0.25, 0.3) is 12.3 Å². The maximum Gasteiger partial charge on any atom is 0.280 e. The van der Waals surface area contributed by atoms with Crippen molar-refractivity contribution in [1.29, 1.82) is 0 Å². The normalized spacial score (nSPS) is 17.4. The largest absolute Gasteiger partial charge is 0.355 e. The molecule has 4 aromatic rings. The van der Waals surface area contributed by atoms with E-state index < -0.39 is 48.3 Å². The Hall–Kier alpha value is -4.61. The number of benzene rings is 2. The number of hydrogen-bond donors (Lipinski definition) is 2. The lowest BCUT2D eigenvalue weighted by Crippen LogP contribution is -2.34. The number of halogens is 5. The van der Waals surface area contributed by atoms with Crippen LogP contribution in [0.4, 0.5) is 22.0 Å². The summed E-state index contributed by atoms with van der Waals surface area (Å²) in [5.41, 5.74) is 1.92. The molecular weight excluding hydrogens is 569 g/mol. The van der Waals surface area contributed by atoms with Crippen LogP contribution in [0.25, 0.3) is 11.1 Å². The molecule has 222 valence electrons. The minimum absolute atomic E-state index is 0.116. The molecule has 1 saturated carbocycles. The van der Waals surface area contributed by atoms with E-state index in [0.717, 1.165) is 35.4 Å². The molecule has 2 aliphatic rings. The lowest BCUT2D eigenvalue weighted by molar-refractivity contribution is -0.122. The molecule has 2 aromatic heterocycles. The van der Waals surface area contributed by atoms with E-state index in [1.54, 1.807) is 12.1 Å². The van der Waals surface area contributed by atoms with Crippen molar-refractivity contribution < 1.29 is 31.5 Å². The van der Waals surface area contributed by atoms with Crippen molar-refractivity contribution in [3.63, 3.8) is 0 Å². The third kappa shape index (κ3) is 5.61. The first-order valence-electron chi connectivity index (χ1n) is 13.7. The smallest absolute Gasteiger partial charge is 0.280 e. The van der Waals surface area contributed by atoms with Crippen LogP contribution in [0.3, 0.4) is 0 Å². The molecule has 0 saturated heterocycles. The monoisotopic (exact) mass is 595 g/mol. The van der Waals surface area contributed by atoms with Crippen molar-refractivity contribution in [2.75, 3.05) is 7.05 Å².